The smallest absolute Gasteiger partial charge is 1.00 e. The molecule has 5 heteroatoms. The van der Waals surface area contributed by atoms with Crippen LogP contribution in [0, 0.1) is 0 Å². The molecular formula is C5H4FLiO3. The first-order chi connectivity index (χ1) is 4.20. The molecule has 0 saturated heterocycles. The molecule has 0 aromatic carbocycles. The third-order valence-corrected chi connectivity index (χ3v) is 0.723. The average Bonchev–Trinajstić information content (AvgIpc) is 2.14. The Hall–Kier alpha value is -0.723. The molecule has 0 atom stereocenters. The van der Waals surface area contributed by atoms with Gasteiger partial charge in [-0.2, -0.15) is 0 Å². The van der Waals surface area contributed by atoms with Crippen molar-refractivity contribution in [2.24, 2.45) is 0 Å². The minimum Gasteiger partial charge on any atom is -1.00 e. The fourth-order valence-electron chi connectivity index (χ4n) is 0.359. The van der Waals surface area contributed by atoms with Crippen molar-refractivity contribution in [2.45, 2.75) is 0 Å². The molecule has 0 aliphatic rings. The van der Waals surface area contributed by atoms with E-state index in [0.717, 1.165) is 6.26 Å². The summed E-state index contributed by atoms with van der Waals surface area (Å²) < 4.78 is 20.2. The van der Waals surface area contributed by atoms with Crippen molar-refractivity contribution < 1.29 is 33.5 Å². The van der Waals surface area contributed by atoms with E-state index in [9.17, 15) is 9.18 Å². The fraction of sp³-hybridized carbons (Fsp3) is 0. The Kier molecular flexibility index (Phi) is 3.20. The molecule has 0 radical (unpaired) electrons. The summed E-state index contributed by atoms with van der Waals surface area (Å²) in [5.74, 6) is -2.01. The van der Waals surface area contributed by atoms with E-state index in [1.54, 1.807) is 0 Å². The molecular weight excluding hydrogens is 134 g/mol. The van der Waals surface area contributed by atoms with Gasteiger partial charge < -0.3 is 10.3 Å². The van der Waals surface area contributed by atoms with Crippen LogP contribution >= 0.6 is 0 Å². The van der Waals surface area contributed by atoms with Gasteiger partial charge in [0.05, 0.1) is 0 Å². The van der Waals surface area contributed by atoms with Gasteiger partial charge in [-0.3, -0.25) is 0 Å². The molecule has 0 saturated carbocycles. The fourth-order valence-corrected chi connectivity index (χ4v) is 0.359. The molecule has 1 rings (SSSR count). The first-order valence-corrected chi connectivity index (χ1v) is 2.13. The van der Waals surface area contributed by atoms with Crippen LogP contribution in [0.2, 0.25) is 0 Å². The predicted molar refractivity (Wildman–Crippen MR) is 28.5 cm³/mol. The third kappa shape index (κ3) is 1.90. The van der Waals surface area contributed by atoms with E-state index in [1.807, 2.05) is 0 Å². The molecule has 0 amide bonds. The molecule has 1 aromatic rings. The van der Waals surface area contributed by atoms with Crippen molar-refractivity contribution in [1.29, 1.82) is 0 Å². The average molecular weight is 138 g/mol. The minimum atomic E-state index is -0.927. The van der Waals surface area contributed by atoms with E-state index in [-0.39, 0.29) is 26.0 Å². The zero-order valence-electron chi connectivity index (χ0n) is 6.39. The van der Waals surface area contributed by atoms with Gasteiger partial charge in [-0.1, -0.05) is 6.58 Å². The van der Waals surface area contributed by atoms with Gasteiger partial charge in [-0.25, -0.2) is 9.18 Å². The zero-order chi connectivity index (χ0) is 6.85. The van der Waals surface area contributed by atoms with Crippen molar-refractivity contribution >= 4 is 5.83 Å². The Labute approximate surface area is 69.2 Å². The molecule has 0 spiro atoms. The molecule has 0 N–H and O–H groups in total. The van der Waals surface area contributed by atoms with Gasteiger partial charge in [-0.15, -0.1) is 0 Å². The largest absolute Gasteiger partial charge is 1.00 e. The summed E-state index contributed by atoms with van der Waals surface area (Å²) in [6.07, 6.45) is 0.866. The summed E-state index contributed by atoms with van der Waals surface area (Å²) in [5.41, 5.74) is 0. The maximum Gasteiger partial charge on any atom is 1.00 e. The van der Waals surface area contributed by atoms with Crippen molar-refractivity contribution in [3.63, 3.8) is 0 Å². The van der Waals surface area contributed by atoms with Crippen LogP contribution in [-0.2, 0) is 0 Å². The summed E-state index contributed by atoms with van der Waals surface area (Å²) in [5, 5.41) is 0. The molecule has 3 nitrogen and oxygen atoms in total. The zero-order valence-corrected chi connectivity index (χ0v) is 5.39. The molecule has 10 heavy (non-hydrogen) atoms. The normalized spacial score (nSPS) is 8.50. The number of hydrogen-bond acceptors (Lipinski definition) is 3. The first kappa shape index (κ1) is 9.28. The van der Waals surface area contributed by atoms with E-state index in [1.165, 1.54) is 0 Å². The number of rotatable bonds is 1. The van der Waals surface area contributed by atoms with Crippen LogP contribution in [0.5, 0.6) is 0 Å². The first-order valence-electron chi connectivity index (χ1n) is 2.13. The summed E-state index contributed by atoms with van der Waals surface area (Å²) in [4.78, 5) is 10.1. The second kappa shape index (κ2) is 3.45. The molecule has 50 valence electrons. The van der Waals surface area contributed by atoms with E-state index >= 15 is 0 Å². The van der Waals surface area contributed by atoms with Crippen LogP contribution in [0.25, 0.3) is 5.83 Å². The van der Waals surface area contributed by atoms with Gasteiger partial charge in [0.2, 0.25) is 5.76 Å². The molecule has 0 unspecified atom stereocenters. The van der Waals surface area contributed by atoms with Crippen LogP contribution in [0.15, 0.2) is 26.5 Å². The maximum atomic E-state index is 12.0. The molecule has 0 fully saturated rings. The Morgan fingerprint density at radius 1 is 1.80 bits per heavy atom. The minimum absolute atomic E-state index is 0. The second-order valence-electron chi connectivity index (χ2n) is 1.36. The van der Waals surface area contributed by atoms with E-state index < -0.39 is 11.6 Å². The number of halogens is 1. The summed E-state index contributed by atoms with van der Waals surface area (Å²) in [6.45, 7) is 2.88. The Balaban J connectivity index is 0. The molecule has 1 aromatic heterocycles. The van der Waals surface area contributed by atoms with Crippen molar-refractivity contribution in [3.8, 4) is 0 Å². The van der Waals surface area contributed by atoms with Gasteiger partial charge in [0.25, 0.3) is 0 Å². The van der Waals surface area contributed by atoms with Crippen LogP contribution in [0.3, 0.4) is 0 Å². The van der Waals surface area contributed by atoms with Crippen LogP contribution in [0.4, 0.5) is 4.39 Å². The molecule has 1 heterocycles. The second-order valence-corrected chi connectivity index (χ2v) is 1.36. The van der Waals surface area contributed by atoms with Gasteiger partial charge >= 0.3 is 24.7 Å². The van der Waals surface area contributed by atoms with Crippen LogP contribution in [-0.4, -0.2) is 0 Å². The van der Waals surface area contributed by atoms with Gasteiger partial charge in [0.15, 0.2) is 5.83 Å². The molecule has 0 bridgehead atoms. The van der Waals surface area contributed by atoms with Gasteiger partial charge in [0.1, 0.15) is 6.26 Å². The Morgan fingerprint density at radius 3 is 2.60 bits per heavy atom. The summed E-state index contributed by atoms with van der Waals surface area (Å²) in [6, 6.07) is 0. The van der Waals surface area contributed by atoms with Crippen molar-refractivity contribution in [3.05, 3.63) is 29.2 Å². The number of hydrogen-bond donors (Lipinski definition) is 0. The van der Waals surface area contributed by atoms with Crippen LogP contribution < -0.4 is 24.7 Å². The van der Waals surface area contributed by atoms with Gasteiger partial charge in [0, 0.05) is 0 Å². The topological polar surface area (TPSA) is 43.4 Å². The van der Waals surface area contributed by atoms with Gasteiger partial charge in [-0.05, 0) is 0 Å². The van der Waals surface area contributed by atoms with Crippen molar-refractivity contribution in [2.75, 3.05) is 0 Å². The molecule has 0 aliphatic heterocycles. The standard InChI is InChI=1S/C5H3FO3.Li.H/c1-3(6)4-2-8-5(7)9-4;;/h2H,1H2;;/q;+1;-1. The van der Waals surface area contributed by atoms with Crippen molar-refractivity contribution in [1.82, 2.24) is 0 Å². The SMILES string of the molecule is C=C(F)c1coc(=O)o1.[H-].[Li+]. The quantitative estimate of drug-likeness (QED) is 0.434. The Morgan fingerprint density at radius 2 is 2.40 bits per heavy atom. The Bertz CT molecular complexity index is 279. The summed E-state index contributed by atoms with van der Waals surface area (Å²) in [7, 11) is 0. The van der Waals surface area contributed by atoms with E-state index in [2.05, 4.69) is 15.4 Å². The monoisotopic (exact) mass is 138 g/mol. The van der Waals surface area contributed by atoms with Crippen LogP contribution in [0.1, 0.15) is 7.19 Å². The predicted octanol–water partition coefficient (Wildman–Crippen LogP) is -1.71. The van der Waals surface area contributed by atoms with E-state index in [0.29, 0.717) is 0 Å². The molecule has 0 aliphatic carbocycles. The third-order valence-electron chi connectivity index (χ3n) is 0.723. The maximum absolute atomic E-state index is 12.0. The summed E-state index contributed by atoms with van der Waals surface area (Å²) >= 11 is 0. The van der Waals surface area contributed by atoms with E-state index in [4.69, 9.17) is 0 Å².